The summed E-state index contributed by atoms with van der Waals surface area (Å²) in [7, 11) is 1.30. The molecule has 3 aromatic rings. The number of hydrogen-bond donors (Lipinski definition) is 3. The normalized spacial score (nSPS) is 10.5. The van der Waals surface area contributed by atoms with Crippen molar-refractivity contribution >= 4 is 28.5 Å². The zero-order valence-electron chi connectivity index (χ0n) is 12.3. The van der Waals surface area contributed by atoms with Gasteiger partial charge in [-0.15, -0.1) is 0 Å². The summed E-state index contributed by atoms with van der Waals surface area (Å²) in [6.45, 7) is 0. The lowest BCUT2D eigenvalue weighted by molar-refractivity contribution is 0.0600. The highest BCUT2D eigenvalue weighted by Crippen LogP contribution is 2.23. The summed E-state index contributed by atoms with van der Waals surface area (Å²) in [5.41, 5.74) is 2.20. The van der Waals surface area contributed by atoms with Gasteiger partial charge >= 0.3 is 5.97 Å². The van der Waals surface area contributed by atoms with E-state index < -0.39 is 5.97 Å². The third-order valence-corrected chi connectivity index (χ3v) is 3.43. The van der Waals surface area contributed by atoms with Crippen molar-refractivity contribution in [2.45, 2.75) is 0 Å². The van der Waals surface area contributed by atoms with Crippen molar-refractivity contribution in [1.29, 1.82) is 0 Å². The van der Waals surface area contributed by atoms with Gasteiger partial charge in [-0.2, -0.15) is 0 Å². The number of H-pyrrole nitrogens is 1. The molecule has 2 aromatic carbocycles. The molecule has 0 radical (unpaired) electrons. The standard InChI is InChI=1S/C17H14N2O4/c1-23-17(22)11-4-2-10(3-5-11)16(21)18-13-6-7-14-12(8-13)9-15(20)19-14/h2-9,19-20H,1H3,(H,18,21). The van der Waals surface area contributed by atoms with Gasteiger partial charge in [0, 0.05) is 28.2 Å². The van der Waals surface area contributed by atoms with Crippen LogP contribution in [0.2, 0.25) is 0 Å². The summed E-state index contributed by atoms with van der Waals surface area (Å²) in [6.07, 6.45) is 0. The smallest absolute Gasteiger partial charge is 0.337 e. The van der Waals surface area contributed by atoms with E-state index in [-0.39, 0.29) is 11.8 Å². The number of hydrogen-bond acceptors (Lipinski definition) is 4. The number of ether oxygens (including phenoxy) is 1. The molecule has 0 unspecified atom stereocenters. The van der Waals surface area contributed by atoms with Gasteiger partial charge in [0.25, 0.3) is 5.91 Å². The Labute approximate surface area is 131 Å². The predicted molar refractivity (Wildman–Crippen MR) is 85.7 cm³/mol. The Morgan fingerprint density at radius 2 is 1.74 bits per heavy atom. The van der Waals surface area contributed by atoms with Crippen molar-refractivity contribution in [3.63, 3.8) is 0 Å². The number of anilines is 1. The third kappa shape index (κ3) is 3.01. The van der Waals surface area contributed by atoms with E-state index in [9.17, 15) is 14.7 Å². The van der Waals surface area contributed by atoms with Gasteiger partial charge in [-0.05, 0) is 42.5 Å². The number of aromatic amines is 1. The van der Waals surface area contributed by atoms with Crippen molar-refractivity contribution in [1.82, 2.24) is 4.98 Å². The average molecular weight is 310 g/mol. The number of benzene rings is 2. The van der Waals surface area contributed by atoms with Gasteiger partial charge in [-0.1, -0.05) is 0 Å². The van der Waals surface area contributed by atoms with Crippen LogP contribution >= 0.6 is 0 Å². The molecule has 0 atom stereocenters. The number of fused-ring (bicyclic) bond motifs is 1. The number of nitrogens with one attached hydrogen (secondary N) is 2. The largest absolute Gasteiger partial charge is 0.495 e. The van der Waals surface area contributed by atoms with Crippen LogP contribution in [0.1, 0.15) is 20.7 Å². The van der Waals surface area contributed by atoms with E-state index >= 15 is 0 Å². The van der Waals surface area contributed by atoms with E-state index in [1.54, 1.807) is 36.4 Å². The highest BCUT2D eigenvalue weighted by atomic mass is 16.5. The average Bonchev–Trinajstić information content (AvgIpc) is 2.93. The monoisotopic (exact) mass is 310 g/mol. The molecule has 0 saturated carbocycles. The highest BCUT2D eigenvalue weighted by molar-refractivity contribution is 6.05. The van der Waals surface area contributed by atoms with Crippen LogP contribution in [-0.2, 0) is 4.74 Å². The fraction of sp³-hybridized carbons (Fsp3) is 0.0588. The minimum Gasteiger partial charge on any atom is -0.495 e. The van der Waals surface area contributed by atoms with Crippen molar-refractivity contribution in [2.24, 2.45) is 0 Å². The minimum absolute atomic E-state index is 0.0712. The molecule has 3 N–H and O–H groups in total. The number of amides is 1. The quantitative estimate of drug-likeness (QED) is 0.649. The van der Waals surface area contributed by atoms with Gasteiger partial charge in [-0.3, -0.25) is 4.79 Å². The number of carbonyl (C=O) groups is 2. The first kappa shape index (κ1) is 14.6. The minimum atomic E-state index is -0.449. The second-order valence-electron chi connectivity index (χ2n) is 4.98. The number of methoxy groups -OCH3 is 1. The first-order valence-corrected chi connectivity index (χ1v) is 6.88. The van der Waals surface area contributed by atoms with Crippen LogP contribution in [-0.4, -0.2) is 29.1 Å². The molecule has 116 valence electrons. The number of carbonyl (C=O) groups excluding carboxylic acids is 2. The summed E-state index contributed by atoms with van der Waals surface area (Å²) >= 11 is 0. The lowest BCUT2D eigenvalue weighted by atomic mass is 10.1. The van der Waals surface area contributed by atoms with Crippen LogP contribution in [0.3, 0.4) is 0 Å². The maximum Gasteiger partial charge on any atom is 0.337 e. The van der Waals surface area contributed by atoms with Crippen LogP contribution in [0.4, 0.5) is 5.69 Å². The topological polar surface area (TPSA) is 91.4 Å². The van der Waals surface area contributed by atoms with E-state index in [0.29, 0.717) is 16.8 Å². The van der Waals surface area contributed by atoms with Crippen LogP contribution in [0.5, 0.6) is 5.88 Å². The number of esters is 1. The van der Waals surface area contributed by atoms with Crippen molar-refractivity contribution in [2.75, 3.05) is 12.4 Å². The molecule has 0 bridgehead atoms. The lowest BCUT2D eigenvalue weighted by Crippen LogP contribution is -2.12. The zero-order valence-corrected chi connectivity index (χ0v) is 12.3. The van der Waals surface area contributed by atoms with E-state index in [0.717, 1.165) is 10.9 Å². The first-order valence-electron chi connectivity index (χ1n) is 6.88. The molecule has 1 amide bonds. The number of aromatic hydroxyl groups is 1. The molecule has 0 aliphatic rings. The van der Waals surface area contributed by atoms with E-state index in [1.807, 2.05) is 0 Å². The number of aromatic nitrogens is 1. The Balaban J connectivity index is 1.78. The Hall–Kier alpha value is -3.28. The molecule has 1 heterocycles. The van der Waals surface area contributed by atoms with Gasteiger partial charge in [0.15, 0.2) is 5.88 Å². The maximum absolute atomic E-state index is 12.2. The summed E-state index contributed by atoms with van der Waals surface area (Å²) in [4.78, 5) is 26.4. The van der Waals surface area contributed by atoms with E-state index in [4.69, 9.17) is 0 Å². The van der Waals surface area contributed by atoms with Gasteiger partial charge in [-0.25, -0.2) is 4.79 Å². The van der Waals surface area contributed by atoms with Crippen LogP contribution < -0.4 is 5.32 Å². The Morgan fingerprint density at radius 3 is 2.43 bits per heavy atom. The second-order valence-corrected chi connectivity index (χ2v) is 4.98. The SMILES string of the molecule is COC(=O)c1ccc(C(=O)Nc2ccc3[nH]c(O)cc3c2)cc1. The summed E-state index contributed by atoms with van der Waals surface area (Å²) in [6, 6.07) is 13.0. The molecular formula is C17H14N2O4. The molecule has 0 aliphatic heterocycles. The molecule has 1 aromatic heterocycles. The Morgan fingerprint density at radius 1 is 1.04 bits per heavy atom. The third-order valence-electron chi connectivity index (χ3n) is 3.43. The molecule has 23 heavy (non-hydrogen) atoms. The highest BCUT2D eigenvalue weighted by Gasteiger charge is 2.10. The van der Waals surface area contributed by atoms with E-state index in [2.05, 4.69) is 15.0 Å². The molecule has 0 saturated heterocycles. The van der Waals surface area contributed by atoms with Gasteiger partial charge in [0.1, 0.15) is 0 Å². The van der Waals surface area contributed by atoms with Crippen LogP contribution in [0, 0.1) is 0 Å². The van der Waals surface area contributed by atoms with Crippen LogP contribution in [0.25, 0.3) is 10.9 Å². The fourth-order valence-corrected chi connectivity index (χ4v) is 2.27. The second kappa shape index (κ2) is 5.84. The predicted octanol–water partition coefficient (Wildman–Crippen LogP) is 2.91. The molecule has 6 heteroatoms. The summed E-state index contributed by atoms with van der Waals surface area (Å²) in [5.74, 6) is -0.669. The van der Waals surface area contributed by atoms with Gasteiger partial charge < -0.3 is 20.1 Å². The maximum atomic E-state index is 12.2. The van der Waals surface area contributed by atoms with Crippen molar-refractivity contribution in [3.8, 4) is 5.88 Å². The zero-order chi connectivity index (χ0) is 16.4. The lowest BCUT2D eigenvalue weighted by Gasteiger charge is -2.06. The number of rotatable bonds is 3. The fourth-order valence-electron chi connectivity index (χ4n) is 2.27. The molecule has 3 rings (SSSR count). The molecule has 0 fully saturated rings. The summed E-state index contributed by atoms with van der Waals surface area (Å²) in [5, 5.41) is 13.0. The first-order chi connectivity index (χ1) is 11.1. The van der Waals surface area contributed by atoms with Gasteiger partial charge in [0.05, 0.1) is 12.7 Å². The summed E-state index contributed by atoms with van der Waals surface area (Å²) < 4.78 is 4.61. The van der Waals surface area contributed by atoms with Crippen molar-refractivity contribution < 1.29 is 19.4 Å². The van der Waals surface area contributed by atoms with Gasteiger partial charge in [0.2, 0.25) is 0 Å². The van der Waals surface area contributed by atoms with Crippen molar-refractivity contribution in [3.05, 3.63) is 59.7 Å². The Bertz CT molecular complexity index is 881. The molecule has 0 spiro atoms. The Kier molecular flexibility index (Phi) is 3.72. The van der Waals surface area contributed by atoms with Crippen LogP contribution in [0.15, 0.2) is 48.5 Å². The molecular weight excluding hydrogens is 296 g/mol. The molecule has 6 nitrogen and oxygen atoms in total. The van der Waals surface area contributed by atoms with E-state index in [1.165, 1.54) is 19.2 Å². The molecule has 0 aliphatic carbocycles.